The maximum absolute atomic E-state index is 12.5. The Bertz CT molecular complexity index is 726. The van der Waals surface area contributed by atoms with Crippen LogP contribution in [0.1, 0.15) is 18.4 Å². The van der Waals surface area contributed by atoms with Crippen LogP contribution in [0.3, 0.4) is 0 Å². The number of ether oxygens (including phenoxy) is 2. The number of benzene rings is 2. The van der Waals surface area contributed by atoms with Gasteiger partial charge in [0, 0.05) is 0 Å². The number of methoxy groups -OCH3 is 1. The molecule has 0 aromatic heterocycles. The first-order chi connectivity index (χ1) is 12.2. The number of hydrogen-bond acceptors (Lipinski definition) is 3. The van der Waals surface area contributed by atoms with Crippen LogP contribution in [0.15, 0.2) is 36.4 Å². The van der Waals surface area contributed by atoms with Gasteiger partial charge >= 0.3 is 0 Å². The molecule has 1 atom stereocenters. The fraction of sp³-hybridized carbons (Fsp3) is 0.450. The van der Waals surface area contributed by atoms with Crippen LogP contribution in [0.25, 0.3) is 10.8 Å². The number of hydrogen-bond donors (Lipinski definition) is 2. The molecule has 2 aromatic carbocycles. The summed E-state index contributed by atoms with van der Waals surface area (Å²) in [5, 5.41) is 5.31. The summed E-state index contributed by atoms with van der Waals surface area (Å²) in [7, 11) is 1.67. The Morgan fingerprint density at radius 1 is 1.20 bits per heavy atom. The SMILES string of the molecule is COc1ccc2cc([C@@H](C)C(=O)NCC[NH+]3CCOCC3)ccc2c1. The number of fused-ring (bicyclic) bond motifs is 1. The largest absolute Gasteiger partial charge is 0.497 e. The van der Waals surface area contributed by atoms with Crippen LogP contribution < -0.4 is 15.0 Å². The van der Waals surface area contributed by atoms with Gasteiger partial charge in [0.05, 0.1) is 39.3 Å². The molecule has 3 rings (SSSR count). The summed E-state index contributed by atoms with van der Waals surface area (Å²) in [6.45, 7) is 7.33. The van der Waals surface area contributed by atoms with Crippen LogP contribution in [0.2, 0.25) is 0 Å². The van der Waals surface area contributed by atoms with Crippen LogP contribution in [0.5, 0.6) is 5.75 Å². The summed E-state index contributed by atoms with van der Waals surface area (Å²) < 4.78 is 10.6. The maximum atomic E-state index is 12.5. The second-order valence-electron chi connectivity index (χ2n) is 6.60. The van der Waals surface area contributed by atoms with Gasteiger partial charge in [-0.1, -0.05) is 24.3 Å². The van der Waals surface area contributed by atoms with Crippen LogP contribution in [0.4, 0.5) is 0 Å². The smallest absolute Gasteiger partial charge is 0.227 e. The van der Waals surface area contributed by atoms with Gasteiger partial charge in [-0.25, -0.2) is 0 Å². The summed E-state index contributed by atoms with van der Waals surface area (Å²) in [5.41, 5.74) is 1.04. The van der Waals surface area contributed by atoms with Gasteiger partial charge in [0.1, 0.15) is 18.8 Å². The van der Waals surface area contributed by atoms with Gasteiger partial charge in [0.2, 0.25) is 5.91 Å². The van der Waals surface area contributed by atoms with Crippen LogP contribution >= 0.6 is 0 Å². The summed E-state index contributed by atoms with van der Waals surface area (Å²) in [5.74, 6) is 0.767. The van der Waals surface area contributed by atoms with Crippen molar-refractivity contribution >= 4 is 16.7 Å². The number of morpholine rings is 1. The van der Waals surface area contributed by atoms with Gasteiger partial charge in [-0.15, -0.1) is 0 Å². The van der Waals surface area contributed by atoms with E-state index in [1.54, 1.807) is 7.11 Å². The van der Waals surface area contributed by atoms with Crippen molar-refractivity contribution in [1.82, 2.24) is 5.32 Å². The molecule has 1 saturated heterocycles. The van der Waals surface area contributed by atoms with Crippen molar-refractivity contribution < 1.29 is 19.2 Å². The molecule has 1 aliphatic rings. The number of rotatable bonds is 6. The minimum Gasteiger partial charge on any atom is -0.497 e. The molecular formula is C20H27N2O3+. The molecule has 25 heavy (non-hydrogen) atoms. The molecule has 5 nitrogen and oxygen atoms in total. The lowest BCUT2D eigenvalue weighted by molar-refractivity contribution is -0.906. The number of quaternary nitrogens is 1. The third kappa shape index (κ3) is 4.50. The van der Waals surface area contributed by atoms with Gasteiger partial charge in [0.15, 0.2) is 0 Å². The van der Waals surface area contributed by atoms with E-state index in [0.29, 0.717) is 6.54 Å². The Morgan fingerprint density at radius 2 is 1.92 bits per heavy atom. The Kier molecular flexibility index (Phi) is 5.89. The summed E-state index contributed by atoms with van der Waals surface area (Å²) >= 11 is 0. The summed E-state index contributed by atoms with van der Waals surface area (Å²) in [4.78, 5) is 14.0. The summed E-state index contributed by atoms with van der Waals surface area (Å²) in [6.07, 6.45) is 0. The van der Waals surface area contributed by atoms with Gasteiger partial charge < -0.3 is 19.7 Å². The Balaban J connectivity index is 1.58. The molecule has 2 aromatic rings. The number of carbonyl (C=O) groups is 1. The molecule has 1 heterocycles. The van der Waals surface area contributed by atoms with E-state index in [0.717, 1.165) is 54.9 Å². The Labute approximate surface area is 148 Å². The molecule has 1 amide bonds. The second-order valence-corrected chi connectivity index (χ2v) is 6.60. The zero-order valence-electron chi connectivity index (χ0n) is 15.0. The highest BCUT2D eigenvalue weighted by Gasteiger charge is 2.17. The van der Waals surface area contributed by atoms with Gasteiger partial charge in [-0.2, -0.15) is 0 Å². The van der Waals surface area contributed by atoms with E-state index >= 15 is 0 Å². The second kappa shape index (κ2) is 8.32. The van der Waals surface area contributed by atoms with Crippen molar-refractivity contribution in [3.05, 3.63) is 42.0 Å². The van der Waals surface area contributed by atoms with Crippen molar-refractivity contribution in [2.24, 2.45) is 0 Å². The highest BCUT2D eigenvalue weighted by atomic mass is 16.5. The van der Waals surface area contributed by atoms with Crippen molar-refractivity contribution in [3.8, 4) is 5.75 Å². The van der Waals surface area contributed by atoms with Crippen LogP contribution in [-0.4, -0.2) is 52.4 Å². The number of carbonyl (C=O) groups excluding carboxylic acids is 1. The fourth-order valence-electron chi connectivity index (χ4n) is 3.22. The normalized spacial score (nSPS) is 16.6. The van der Waals surface area contributed by atoms with Crippen molar-refractivity contribution in [2.75, 3.05) is 46.5 Å². The Morgan fingerprint density at radius 3 is 2.68 bits per heavy atom. The van der Waals surface area contributed by atoms with E-state index in [2.05, 4.69) is 17.4 Å². The molecular weight excluding hydrogens is 316 g/mol. The zero-order chi connectivity index (χ0) is 17.6. The Hall–Kier alpha value is -2.11. The summed E-state index contributed by atoms with van der Waals surface area (Å²) in [6, 6.07) is 12.2. The minimum absolute atomic E-state index is 0.0838. The average Bonchev–Trinajstić information content (AvgIpc) is 2.67. The van der Waals surface area contributed by atoms with E-state index < -0.39 is 0 Å². The molecule has 2 N–H and O–H groups in total. The van der Waals surface area contributed by atoms with Gasteiger partial charge in [-0.3, -0.25) is 4.79 Å². The lowest BCUT2D eigenvalue weighted by Crippen LogP contribution is -3.14. The molecule has 0 aliphatic carbocycles. The molecule has 1 aliphatic heterocycles. The van der Waals surface area contributed by atoms with Crippen LogP contribution in [-0.2, 0) is 9.53 Å². The molecule has 0 unspecified atom stereocenters. The lowest BCUT2D eigenvalue weighted by atomic mass is 9.97. The first-order valence-electron chi connectivity index (χ1n) is 8.94. The highest BCUT2D eigenvalue weighted by Crippen LogP contribution is 2.25. The van der Waals surface area contributed by atoms with Gasteiger partial charge in [-0.05, 0) is 35.4 Å². The first kappa shape index (κ1) is 17.7. The van der Waals surface area contributed by atoms with Gasteiger partial charge in [0.25, 0.3) is 0 Å². The first-order valence-corrected chi connectivity index (χ1v) is 8.94. The average molecular weight is 343 g/mol. The van der Waals surface area contributed by atoms with Crippen molar-refractivity contribution in [2.45, 2.75) is 12.8 Å². The minimum atomic E-state index is -0.161. The standard InChI is InChI=1S/C20H26N2O3/c1-15(20(23)21-7-8-22-9-11-25-12-10-22)16-3-4-18-14-19(24-2)6-5-17(18)13-16/h3-6,13-15H,7-12H2,1-2H3,(H,21,23)/p+1/t15-/m1/s1. The molecule has 0 radical (unpaired) electrons. The molecule has 5 heteroatoms. The van der Waals surface area contributed by atoms with Crippen molar-refractivity contribution in [1.29, 1.82) is 0 Å². The molecule has 0 spiro atoms. The maximum Gasteiger partial charge on any atom is 0.227 e. The van der Waals surface area contributed by atoms with E-state index in [9.17, 15) is 4.79 Å². The third-order valence-corrected chi connectivity index (χ3v) is 4.94. The van der Waals surface area contributed by atoms with E-state index in [1.165, 1.54) is 4.90 Å². The molecule has 134 valence electrons. The quantitative estimate of drug-likeness (QED) is 0.822. The highest BCUT2D eigenvalue weighted by molar-refractivity contribution is 5.88. The fourth-order valence-corrected chi connectivity index (χ4v) is 3.22. The predicted octanol–water partition coefficient (Wildman–Crippen LogP) is 0.983. The van der Waals surface area contributed by atoms with Crippen LogP contribution in [0, 0.1) is 0 Å². The third-order valence-electron chi connectivity index (χ3n) is 4.94. The van der Waals surface area contributed by atoms with Crippen molar-refractivity contribution in [3.63, 3.8) is 0 Å². The van der Waals surface area contributed by atoms with E-state index in [1.807, 2.05) is 31.2 Å². The number of amides is 1. The molecule has 0 bridgehead atoms. The predicted molar refractivity (Wildman–Crippen MR) is 98.3 cm³/mol. The lowest BCUT2D eigenvalue weighted by Gasteiger charge is -2.24. The molecule has 0 saturated carbocycles. The van der Waals surface area contributed by atoms with E-state index in [-0.39, 0.29) is 11.8 Å². The molecule has 1 fully saturated rings. The zero-order valence-corrected chi connectivity index (χ0v) is 15.0. The topological polar surface area (TPSA) is 52.0 Å². The number of nitrogens with one attached hydrogen (secondary N) is 2. The van der Waals surface area contributed by atoms with E-state index in [4.69, 9.17) is 9.47 Å². The monoisotopic (exact) mass is 343 g/mol.